The molecule has 0 amide bonds. The van der Waals surface area contributed by atoms with Crippen molar-refractivity contribution in [2.24, 2.45) is 0 Å². The molecule has 0 aliphatic carbocycles. The minimum atomic E-state index is -2.55. The van der Waals surface area contributed by atoms with Crippen molar-refractivity contribution in [1.82, 2.24) is 15.0 Å². The number of anilines is 1. The Balaban J connectivity index is 1.78. The smallest absolute Gasteiger partial charge is 0.251 e. The molecule has 6 heteroatoms. The lowest BCUT2D eigenvalue weighted by Crippen LogP contribution is -2.40. The molecule has 0 bridgehead atoms. The lowest BCUT2D eigenvalue weighted by Gasteiger charge is -2.31. The van der Waals surface area contributed by atoms with Gasteiger partial charge in [-0.15, -0.1) is 0 Å². The molecule has 2 aromatic heterocycles. The van der Waals surface area contributed by atoms with Crippen molar-refractivity contribution in [1.29, 1.82) is 0 Å². The van der Waals surface area contributed by atoms with E-state index in [-0.39, 0.29) is 25.9 Å². The van der Waals surface area contributed by atoms with E-state index in [4.69, 9.17) is 0 Å². The van der Waals surface area contributed by atoms with Crippen molar-refractivity contribution in [2.45, 2.75) is 25.7 Å². The van der Waals surface area contributed by atoms with Gasteiger partial charge in [-0.25, -0.2) is 18.7 Å². The molecule has 110 valence electrons. The van der Waals surface area contributed by atoms with Crippen molar-refractivity contribution in [3.8, 4) is 11.1 Å². The van der Waals surface area contributed by atoms with Gasteiger partial charge < -0.3 is 4.90 Å². The molecule has 0 atom stereocenters. The molecule has 3 rings (SSSR count). The number of nitrogens with zero attached hydrogens (tertiary/aromatic N) is 4. The second-order valence-electron chi connectivity index (χ2n) is 5.25. The van der Waals surface area contributed by atoms with Crippen LogP contribution in [-0.2, 0) is 0 Å². The molecule has 0 unspecified atom stereocenters. The summed E-state index contributed by atoms with van der Waals surface area (Å²) in [5.74, 6) is -2.04. The van der Waals surface area contributed by atoms with E-state index in [2.05, 4.69) is 15.0 Å². The van der Waals surface area contributed by atoms with Crippen molar-refractivity contribution in [2.75, 3.05) is 18.0 Å². The molecule has 0 radical (unpaired) electrons. The highest BCUT2D eigenvalue weighted by Gasteiger charge is 2.34. The summed E-state index contributed by atoms with van der Waals surface area (Å²) in [7, 11) is 0. The van der Waals surface area contributed by atoms with E-state index in [1.807, 2.05) is 19.1 Å². The zero-order valence-corrected chi connectivity index (χ0v) is 11.8. The fraction of sp³-hybridized carbons (Fsp3) is 0.400. The summed E-state index contributed by atoms with van der Waals surface area (Å²) in [5.41, 5.74) is 2.77. The van der Waals surface area contributed by atoms with Crippen LogP contribution in [0.5, 0.6) is 0 Å². The van der Waals surface area contributed by atoms with Crippen LogP contribution in [0.2, 0.25) is 0 Å². The van der Waals surface area contributed by atoms with E-state index in [1.165, 1.54) is 0 Å². The summed E-state index contributed by atoms with van der Waals surface area (Å²) in [6.07, 6.45) is 4.90. The molecule has 2 aromatic rings. The number of hydrogen-bond donors (Lipinski definition) is 0. The number of aromatic nitrogens is 3. The molecule has 1 aliphatic rings. The molecule has 3 heterocycles. The van der Waals surface area contributed by atoms with Crippen LogP contribution in [0, 0.1) is 6.92 Å². The van der Waals surface area contributed by atoms with Gasteiger partial charge in [0.15, 0.2) is 0 Å². The summed E-state index contributed by atoms with van der Waals surface area (Å²) in [5, 5.41) is 0. The van der Waals surface area contributed by atoms with E-state index in [9.17, 15) is 8.78 Å². The topological polar surface area (TPSA) is 41.9 Å². The first-order valence-electron chi connectivity index (χ1n) is 6.92. The van der Waals surface area contributed by atoms with Gasteiger partial charge in [-0.3, -0.25) is 4.98 Å². The van der Waals surface area contributed by atoms with Crippen LogP contribution in [0.4, 0.5) is 14.7 Å². The molecule has 0 N–H and O–H groups in total. The molecule has 0 aromatic carbocycles. The molecule has 4 nitrogen and oxygen atoms in total. The first-order chi connectivity index (χ1) is 10.1. The minimum Gasteiger partial charge on any atom is -0.340 e. The predicted molar refractivity (Wildman–Crippen MR) is 76.4 cm³/mol. The Morgan fingerprint density at radius 1 is 1.10 bits per heavy atom. The van der Waals surface area contributed by atoms with E-state index in [0.29, 0.717) is 5.95 Å². The van der Waals surface area contributed by atoms with Gasteiger partial charge in [0.25, 0.3) is 5.92 Å². The van der Waals surface area contributed by atoms with Gasteiger partial charge >= 0.3 is 0 Å². The predicted octanol–water partition coefficient (Wildman–Crippen LogP) is 3.08. The Hall–Kier alpha value is -2.11. The Bertz CT molecular complexity index is 618. The number of halogens is 2. The van der Waals surface area contributed by atoms with Gasteiger partial charge in [0.05, 0.1) is 0 Å². The first kappa shape index (κ1) is 13.9. The van der Waals surface area contributed by atoms with Crippen LogP contribution in [0.25, 0.3) is 11.1 Å². The number of piperidine rings is 1. The average Bonchev–Trinajstić information content (AvgIpc) is 2.48. The van der Waals surface area contributed by atoms with Crippen molar-refractivity contribution >= 4 is 5.95 Å². The minimum absolute atomic E-state index is 0.139. The molecule has 0 spiro atoms. The summed E-state index contributed by atoms with van der Waals surface area (Å²) >= 11 is 0. The summed E-state index contributed by atoms with van der Waals surface area (Å²) in [4.78, 5) is 14.7. The SMILES string of the molecule is Cc1ncccc1-c1cnc(N2CCC(F)(F)CC2)nc1. The van der Waals surface area contributed by atoms with Gasteiger partial charge in [0, 0.05) is 61.3 Å². The number of hydrogen-bond acceptors (Lipinski definition) is 4. The van der Waals surface area contributed by atoms with Crippen LogP contribution in [0.15, 0.2) is 30.7 Å². The van der Waals surface area contributed by atoms with E-state index in [1.54, 1.807) is 23.5 Å². The third-order valence-corrected chi connectivity index (χ3v) is 3.73. The monoisotopic (exact) mass is 290 g/mol. The Morgan fingerprint density at radius 3 is 2.38 bits per heavy atom. The van der Waals surface area contributed by atoms with Crippen molar-refractivity contribution in [3.05, 3.63) is 36.4 Å². The Kier molecular flexibility index (Phi) is 3.53. The number of rotatable bonds is 2. The zero-order chi connectivity index (χ0) is 14.9. The third-order valence-electron chi connectivity index (χ3n) is 3.73. The van der Waals surface area contributed by atoms with E-state index < -0.39 is 5.92 Å². The molecule has 1 saturated heterocycles. The lowest BCUT2D eigenvalue weighted by atomic mass is 10.1. The third kappa shape index (κ3) is 2.99. The molecule has 1 fully saturated rings. The summed E-state index contributed by atoms with van der Waals surface area (Å²) in [6, 6.07) is 3.82. The highest BCUT2D eigenvalue weighted by atomic mass is 19.3. The van der Waals surface area contributed by atoms with Crippen LogP contribution in [0.3, 0.4) is 0 Å². The Morgan fingerprint density at radius 2 is 1.76 bits per heavy atom. The standard InChI is InChI=1S/C15H16F2N4/c1-11-13(3-2-6-18-11)12-9-19-14(20-10-12)21-7-4-15(16,17)5-8-21/h2-3,6,9-10H,4-5,7-8H2,1H3. The maximum absolute atomic E-state index is 13.1. The number of aryl methyl sites for hydroxylation is 1. The van der Waals surface area contributed by atoms with Crippen LogP contribution in [0.1, 0.15) is 18.5 Å². The molecule has 1 aliphatic heterocycles. The highest BCUT2D eigenvalue weighted by Crippen LogP contribution is 2.29. The molecular weight excluding hydrogens is 274 g/mol. The van der Waals surface area contributed by atoms with Gasteiger partial charge in [0.1, 0.15) is 0 Å². The summed E-state index contributed by atoms with van der Waals surface area (Å²) < 4.78 is 26.3. The van der Waals surface area contributed by atoms with Gasteiger partial charge in [0.2, 0.25) is 5.95 Å². The maximum atomic E-state index is 13.1. The first-order valence-corrected chi connectivity index (χ1v) is 6.92. The zero-order valence-electron chi connectivity index (χ0n) is 11.8. The van der Waals surface area contributed by atoms with Gasteiger partial charge in [-0.1, -0.05) is 6.07 Å². The normalized spacial score (nSPS) is 17.8. The highest BCUT2D eigenvalue weighted by molar-refractivity contribution is 5.64. The Labute approximate surface area is 121 Å². The largest absolute Gasteiger partial charge is 0.340 e. The maximum Gasteiger partial charge on any atom is 0.251 e. The fourth-order valence-electron chi connectivity index (χ4n) is 2.45. The van der Waals surface area contributed by atoms with Crippen molar-refractivity contribution in [3.63, 3.8) is 0 Å². The van der Waals surface area contributed by atoms with Gasteiger partial charge in [-0.2, -0.15) is 0 Å². The second kappa shape index (κ2) is 5.35. The van der Waals surface area contributed by atoms with E-state index >= 15 is 0 Å². The van der Waals surface area contributed by atoms with Crippen LogP contribution >= 0.6 is 0 Å². The fourth-order valence-corrected chi connectivity index (χ4v) is 2.45. The number of pyridine rings is 1. The van der Waals surface area contributed by atoms with Crippen molar-refractivity contribution < 1.29 is 8.78 Å². The van der Waals surface area contributed by atoms with Crippen LogP contribution < -0.4 is 4.90 Å². The molecule has 21 heavy (non-hydrogen) atoms. The quantitative estimate of drug-likeness (QED) is 0.852. The number of alkyl halides is 2. The van der Waals surface area contributed by atoms with E-state index in [0.717, 1.165) is 16.8 Å². The molecule has 0 saturated carbocycles. The van der Waals surface area contributed by atoms with Gasteiger partial charge in [-0.05, 0) is 13.0 Å². The molecular formula is C15H16F2N4. The lowest BCUT2D eigenvalue weighted by molar-refractivity contribution is -0.0222. The summed E-state index contributed by atoms with van der Waals surface area (Å²) in [6.45, 7) is 2.51. The second-order valence-corrected chi connectivity index (χ2v) is 5.25. The van der Waals surface area contributed by atoms with Crippen LogP contribution in [-0.4, -0.2) is 34.0 Å². The average molecular weight is 290 g/mol.